The van der Waals surface area contributed by atoms with Crippen molar-refractivity contribution in [1.82, 2.24) is 20.2 Å². The van der Waals surface area contributed by atoms with Crippen molar-refractivity contribution >= 4 is 5.96 Å². The van der Waals surface area contributed by atoms with Gasteiger partial charge in [-0.05, 0) is 25.1 Å². The van der Waals surface area contributed by atoms with Gasteiger partial charge in [0.2, 0.25) is 5.88 Å². The lowest BCUT2D eigenvalue weighted by molar-refractivity contribution is 0.322. The average Bonchev–Trinajstić information content (AvgIpc) is 3.05. The highest BCUT2D eigenvalue weighted by Crippen LogP contribution is 2.13. The summed E-state index contributed by atoms with van der Waals surface area (Å²) in [4.78, 5) is 8.46. The molecule has 0 saturated carbocycles. The lowest BCUT2D eigenvalue weighted by atomic mass is 10.2. The summed E-state index contributed by atoms with van der Waals surface area (Å²) in [5.41, 5.74) is 1.01. The molecule has 0 aliphatic rings. The van der Waals surface area contributed by atoms with Crippen molar-refractivity contribution in [1.29, 1.82) is 0 Å². The van der Waals surface area contributed by atoms with Crippen molar-refractivity contribution in [3.05, 3.63) is 48.4 Å². The molecule has 0 spiro atoms. The number of ether oxygens (including phenoxy) is 1. The van der Waals surface area contributed by atoms with Crippen LogP contribution in [0.1, 0.15) is 12.5 Å². The molecule has 22 heavy (non-hydrogen) atoms. The second kappa shape index (κ2) is 8.71. The molecule has 0 saturated heterocycles. The summed E-state index contributed by atoms with van der Waals surface area (Å²) in [6, 6.07) is 7.94. The molecule has 2 aromatic heterocycles. The smallest absolute Gasteiger partial charge is 0.218 e. The molecule has 0 bridgehead atoms. The van der Waals surface area contributed by atoms with Crippen LogP contribution in [0.3, 0.4) is 0 Å². The van der Waals surface area contributed by atoms with Gasteiger partial charge in [-0.3, -0.25) is 4.99 Å². The van der Waals surface area contributed by atoms with E-state index in [9.17, 15) is 0 Å². The number of aromatic nitrogens is 2. The molecule has 0 fully saturated rings. The minimum Gasteiger partial charge on any atom is -0.478 e. The van der Waals surface area contributed by atoms with E-state index in [0.29, 0.717) is 19.0 Å². The van der Waals surface area contributed by atoms with Gasteiger partial charge in [0.15, 0.2) is 5.96 Å². The number of hydrogen-bond acceptors (Lipinski definition) is 3. The minimum absolute atomic E-state index is 0.605. The number of pyridine rings is 1. The number of guanidine groups is 1. The Hall–Kier alpha value is -2.50. The van der Waals surface area contributed by atoms with E-state index in [1.165, 1.54) is 0 Å². The Kier molecular flexibility index (Phi) is 6.29. The quantitative estimate of drug-likeness (QED) is 0.603. The number of nitrogens with zero attached hydrogens (tertiary/aromatic N) is 3. The first-order valence-corrected chi connectivity index (χ1v) is 7.45. The van der Waals surface area contributed by atoms with E-state index < -0.39 is 0 Å². The van der Waals surface area contributed by atoms with Crippen molar-refractivity contribution in [2.45, 2.75) is 20.0 Å². The van der Waals surface area contributed by atoms with E-state index >= 15 is 0 Å². The van der Waals surface area contributed by atoms with Crippen LogP contribution in [0, 0.1) is 0 Å². The van der Waals surface area contributed by atoms with Gasteiger partial charge in [-0.2, -0.15) is 0 Å². The van der Waals surface area contributed by atoms with Crippen LogP contribution in [-0.2, 0) is 13.1 Å². The molecule has 2 N–H and O–H groups in total. The summed E-state index contributed by atoms with van der Waals surface area (Å²) in [7, 11) is 1.76. The van der Waals surface area contributed by atoms with Gasteiger partial charge < -0.3 is 19.9 Å². The summed E-state index contributed by atoms with van der Waals surface area (Å²) in [6.07, 6.45) is 5.82. The Morgan fingerprint density at radius 1 is 1.27 bits per heavy atom. The Morgan fingerprint density at radius 3 is 2.82 bits per heavy atom. The van der Waals surface area contributed by atoms with Crippen LogP contribution in [0.5, 0.6) is 5.88 Å². The molecule has 2 heterocycles. The molecular formula is C16H23N5O. The van der Waals surface area contributed by atoms with Gasteiger partial charge in [-0.15, -0.1) is 0 Å². The summed E-state index contributed by atoms with van der Waals surface area (Å²) in [6.45, 7) is 4.87. The van der Waals surface area contributed by atoms with Crippen LogP contribution >= 0.6 is 0 Å². The fourth-order valence-corrected chi connectivity index (χ4v) is 2.05. The fraction of sp³-hybridized carbons (Fsp3) is 0.375. The molecule has 118 valence electrons. The van der Waals surface area contributed by atoms with E-state index in [2.05, 4.69) is 25.2 Å². The van der Waals surface area contributed by atoms with Crippen LogP contribution in [-0.4, -0.2) is 35.7 Å². The standard InChI is InChI=1S/C16H23N5O/c1-3-22-15-14(7-6-8-18-15)13-20-16(17-2)19-9-12-21-10-4-5-11-21/h4-8,10-11H,3,9,12-13H2,1-2H3,(H2,17,19,20). The first-order chi connectivity index (χ1) is 10.8. The number of aliphatic imine (C=N–C) groups is 1. The molecule has 6 nitrogen and oxygen atoms in total. The average molecular weight is 301 g/mol. The molecule has 0 atom stereocenters. The monoisotopic (exact) mass is 301 g/mol. The van der Waals surface area contributed by atoms with E-state index in [4.69, 9.17) is 4.74 Å². The van der Waals surface area contributed by atoms with Crippen LogP contribution in [0.15, 0.2) is 47.8 Å². The van der Waals surface area contributed by atoms with Gasteiger partial charge in [0.25, 0.3) is 0 Å². The molecule has 0 aromatic carbocycles. The predicted octanol–water partition coefficient (Wildman–Crippen LogP) is 1.65. The van der Waals surface area contributed by atoms with Gasteiger partial charge >= 0.3 is 0 Å². The molecule has 0 unspecified atom stereocenters. The van der Waals surface area contributed by atoms with Crippen molar-refractivity contribution in [3.63, 3.8) is 0 Å². The number of nitrogens with one attached hydrogen (secondary N) is 2. The first kappa shape index (κ1) is 15.9. The molecule has 0 amide bonds. The van der Waals surface area contributed by atoms with Crippen molar-refractivity contribution in [3.8, 4) is 5.88 Å². The van der Waals surface area contributed by atoms with Gasteiger partial charge in [0, 0.05) is 50.8 Å². The minimum atomic E-state index is 0.605. The molecule has 6 heteroatoms. The number of rotatable bonds is 7. The van der Waals surface area contributed by atoms with E-state index in [1.807, 2.05) is 43.6 Å². The third kappa shape index (κ3) is 4.80. The Labute approximate surface area is 131 Å². The van der Waals surface area contributed by atoms with Crippen molar-refractivity contribution < 1.29 is 4.74 Å². The lowest BCUT2D eigenvalue weighted by Crippen LogP contribution is -2.38. The SMILES string of the molecule is CCOc1ncccc1CNC(=NC)NCCn1cccc1. The molecular weight excluding hydrogens is 278 g/mol. The first-order valence-electron chi connectivity index (χ1n) is 7.45. The summed E-state index contributed by atoms with van der Waals surface area (Å²) in [5.74, 6) is 1.43. The third-order valence-corrected chi connectivity index (χ3v) is 3.13. The summed E-state index contributed by atoms with van der Waals surface area (Å²) in [5, 5.41) is 6.56. The largest absolute Gasteiger partial charge is 0.478 e. The predicted molar refractivity (Wildman–Crippen MR) is 88.0 cm³/mol. The summed E-state index contributed by atoms with van der Waals surface area (Å²) < 4.78 is 7.64. The van der Waals surface area contributed by atoms with E-state index in [0.717, 1.165) is 24.6 Å². The van der Waals surface area contributed by atoms with Gasteiger partial charge in [0.05, 0.1) is 6.61 Å². The van der Waals surface area contributed by atoms with Crippen molar-refractivity contribution in [2.24, 2.45) is 4.99 Å². The zero-order valence-corrected chi connectivity index (χ0v) is 13.1. The van der Waals surface area contributed by atoms with Crippen LogP contribution in [0.25, 0.3) is 0 Å². The Bertz CT molecular complexity index is 580. The highest BCUT2D eigenvalue weighted by molar-refractivity contribution is 5.79. The number of hydrogen-bond donors (Lipinski definition) is 2. The van der Waals surface area contributed by atoms with Crippen LogP contribution in [0.2, 0.25) is 0 Å². The molecule has 2 rings (SSSR count). The molecule has 2 aromatic rings. The summed E-state index contributed by atoms with van der Waals surface area (Å²) >= 11 is 0. The second-order valence-electron chi connectivity index (χ2n) is 4.67. The van der Waals surface area contributed by atoms with Crippen LogP contribution < -0.4 is 15.4 Å². The zero-order valence-electron chi connectivity index (χ0n) is 13.1. The highest BCUT2D eigenvalue weighted by atomic mass is 16.5. The molecule has 0 aliphatic heterocycles. The van der Waals surface area contributed by atoms with Crippen LogP contribution in [0.4, 0.5) is 0 Å². The molecule has 0 radical (unpaired) electrons. The maximum absolute atomic E-state index is 5.52. The Morgan fingerprint density at radius 2 is 2.09 bits per heavy atom. The lowest BCUT2D eigenvalue weighted by Gasteiger charge is -2.14. The Balaban J connectivity index is 1.81. The second-order valence-corrected chi connectivity index (χ2v) is 4.67. The normalized spacial score (nSPS) is 11.3. The molecule has 0 aliphatic carbocycles. The van der Waals surface area contributed by atoms with Crippen molar-refractivity contribution in [2.75, 3.05) is 20.2 Å². The van der Waals surface area contributed by atoms with Gasteiger partial charge in [-0.25, -0.2) is 4.98 Å². The fourth-order valence-electron chi connectivity index (χ4n) is 2.05. The topological polar surface area (TPSA) is 63.5 Å². The van der Waals surface area contributed by atoms with Gasteiger partial charge in [0.1, 0.15) is 0 Å². The maximum atomic E-state index is 5.52. The van der Waals surface area contributed by atoms with E-state index in [-0.39, 0.29) is 0 Å². The highest BCUT2D eigenvalue weighted by Gasteiger charge is 2.05. The zero-order chi connectivity index (χ0) is 15.6. The van der Waals surface area contributed by atoms with Gasteiger partial charge in [-0.1, -0.05) is 6.07 Å². The maximum Gasteiger partial charge on any atom is 0.218 e. The van der Waals surface area contributed by atoms with E-state index in [1.54, 1.807) is 13.2 Å². The third-order valence-electron chi connectivity index (χ3n) is 3.13.